The lowest BCUT2D eigenvalue weighted by atomic mass is 9.92. The van der Waals surface area contributed by atoms with Gasteiger partial charge < -0.3 is 0 Å². The first kappa shape index (κ1) is 22.6. The van der Waals surface area contributed by atoms with Crippen LogP contribution in [0.1, 0.15) is 51.9 Å². The number of nitrogens with zero attached hydrogens (tertiary/aromatic N) is 4. The highest BCUT2D eigenvalue weighted by Gasteiger charge is 2.46. The average Bonchev–Trinajstić information content (AvgIpc) is 3.28. The molecule has 1 aromatic rings. The minimum Gasteiger partial charge on any atom is -0.268 e. The van der Waals surface area contributed by atoms with Crippen LogP contribution in [-0.4, -0.2) is 63.2 Å². The number of imide groups is 1. The summed E-state index contributed by atoms with van der Waals surface area (Å²) in [5, 5.41) is 3.59. The van der Waals surface area contributed by atoms with Crippen molar-refractivity contribution in [1.29, 1.82) is 0 Å². The van der Waals surface area contributed by atoms with Crippen molar-refractivity contribution in [3.05, 3.63) is 41.3 Å². The number of sulfonamides is 1. The number of nitrogens with one attached hydrogen (secondary N) is 1. The lowest BCUT2D eigenvalue weighted by Crippen LogP contribution is -2.50. The summed E-state index contributed by atoms with van der Waals surface area (Å²) >= 11 is 0. The van der Waals surface area contributed by atoms with Crippen molar-refractivity contribution < 1.29 is 22.6 Å². The Labute approximate surface area is 188 Å². The van der Waals surface area contributed by atoms with Gasteiger partial charge >= 0.3 is 11.9 Å². The molecule has 1 saturated carbocycles. The number of urea groups is 1. The number of hydrogen-bond acceptors (Lipinski definition) is 5. The summed E-state index contributed by atoms with van der Waals surface area (Å²) in [6, 6.07) is 1.49. The Morgan fingerprint density at radius 1 is 1.25 bits per heavy atom. The van der Waals surface area contributed by atoms with Crippen LogP contribution < -0.4 is 4.72 Å². The van der Waals surface area contributed by atoms with Gasteiger partial charge in [0.15, 0.2) is 0 Å². The molecule has 172 valence electrons. The van der Waals surface area contributed by atoms with Crippen molar-refractivity contribution in [3.8, 4) is 0 Å². The van der Waals surface area contributed by atoms with Gasteiger partial charge in [-0.1, -0.05) is 26.8 Å². The summed E-state index contributed by atoms with van der Waals surface area (Å²) in [4.78, 5) is 26.9. The maximum absolute atomic E-state index is 13.0. The van der Waals surface area contributed by atoms with E-state index in [1.165, 1.54) is 23.8 Å². The number of fused-ring (bicyclic) bond motifs is 1. The van der Waals surface area contributed by atoms with Crippen LogP contribution in [0.3, 0.4) is 0 Å². The molecule has 0 radical (unpaired) electrons. The molecule has 9 nitrogen and oxygen atoms in total. The maximum Gasteiger partial charge on any atom is 0.501 e. The predicted octanol–water partition coefficient (Wildman–Crippen LogP) is 1.60. The van der Waals surface area contributed by atoms with Gasteiger partial charge in [0.2, 0.25) is 10.0 Å². The van der Waals surface area contributed by atoms with E-state index in [-0.39, 0.29) is 17.5 Å². The molecule has 0 saturated heterocycles. The smallest absolute Gasteiger partial charge is 0.268 e. The summed E-state index contributed by atoms with van der Waals surface area (Å²) in [6.07, 6.45) is 6.11. The van der Waals surface area contributed by atoms with Gasteiger partial charge in [0.05, 0.1) is 18.4 Å². The highest BCUT2D eigenvalue weighted by Crippen LogP contribution is 2.36. The van der Waals surface area contributed by atoms with E-state index in [2.05, 4.69) is 30.6 Å². The first-order valence-corrected chi connectivity index (χ1v) is 12.2. The third-order valence-corrected chi connectivity index (χ3v) is 7.99. The largest absolute Gasteiger partial charge is 0.501 e. The summed E-state index contributed by atoms with van der Waals surface area (Å²) in [5.41, 5.74) is 1.77. The predicted molar refractivity (Wildman–Crippen MR) is 120 cm³/mol. The van der Waals surface area contributed by atoms with E-state index in [1.54, 1.807) is 10.8 Å². The van der Waals surface area contributed by atoms with E-state index in [9.17, 15) is 18.0 Å². The highest BCUT2D eigenvalue weighted by molar-refractivity contribution is 7.90. The second-order valence-electron chi connectivity index (χ2n) is 10.1. The number of aryl methyl sites for hydroxylation is 1. The minimum absolute atomic E-state index is 0.148. The zero-order valence-corrected chi connectivity index (χ0v) is 20.2. The Bertz CT molecular complexity index is 1210. The molecule has 1 N–H and O–H groups in total. The SMILES string of the molecule is CN1C(=O)C2=CC(S(=O)(=O)NC3(C)CC3)C=CC2=[N+](Cc2cc(C(C)(C)C)nn2C)C1=O. The molecule has 3 amide bonds. The van der Waals surface area contributed by atoms with Gasteiger partial charge in [0.1, 0.15) is 23.1 Å². The minimum atomic E-state index is -3.69. The average molecular weight is 461 g/mol. The number of aromatic nitrogens is 2. The molecule has 0 aromatic carbocycles. The molecule has 1 aromatic heterocycles. The van der Waals surface area contributed by atoms with Gasteiger partial charge in [-0.15, -0.1) is 0 Å². The van der Waals surface area contributed by atoms with Crippen molar-refractivity contribution in [2.45, 2.75) is 63.3 Å². The molecule has 10 heteroatoms. The lowest BCUT2D eigenvalue weighted by Gasteiger charge is -2.25. The van der Waals surface area contributed by atoms with Gasteiger partial charge in [-0.05, 0) is 38.0 Å². The van der Waals surface area contributed by atoms with E-state index in [4.69, 9.17) is 0 Å². The zero-order chi connectivity index (χ0) is 23.6. The number of carbonyl (C=O) groups is 2. The molecule has 32 heavy (non-hydrogen) atoms. The van der Waals surface area contributed by atoms with Crippen LogP contribution >= 0.6 is 0 Å². The zero-order valence-electron chi connectivity index (χ0n) is 19.3. The van der Waals surface area contributed by atoms with Gasteiger partial charge in [0, 0.05) is 18.0 Å². The Morgan fingerprint density at radius 2 is 1.91 bits per heavy atom. The Morgan fingerprint density at radius 3 is 2.47 bits per heavy atom. The molecular formula is C22H30N5O4S+. The van der Waals surface area contributed by atoms with Crippen molar-refractivity contribution >= 4 is 27.7 Å². The standard InChI is InChI=1S/C22H30N5O4S/c1-21(2,3)18-11-14(26(6)23-18)13-27-17-8-7-15(32(30,31)24-22(4)9-10-22)12-16(17)19(28)25(5)20(27)29/h7-8,11-12,15,24H,9-10,13H2,1-6H3/q+1. The quantitative estimate of drug-likeness (QED) is 0.672. The Balaban J connectivity index is 1.72. The van der Waals surface area contributed by atoms with Crippen LogP contribution in [-0.2, 0) is 33.8 Å². The number of allylic oxidation sites excluding steroid dienone is 1. The topological polar surface area (TPSA) is 104 Å². The summed E-state index contributed by atoms with van der Waals surface area (Å²) in [7, 11) is -0.469. The summed E-state index contributed by atoms with van der Waals surface area (Å²) in [6.45, 7) is 8.26. The van der Waals surface area contributed by atoms with Gasteiger partial charge in [0.25, 0.3) is 0 Å². The molecule has 3 aliphatic rings. The van der Waals surface area contributed by atoms with Crippen LogP contribution in [0.5, 0.6) is 0 Å². The summed E-state index contributed by atoms with van der Waals surface area (Å²) < 4.78 is 31.7. The van der Waals surface area contributed by atoms with Gasteiger partial charge in [-0.2, -0.15) is 19.4 Å². The van der Waals surface area contributed by atoms with Gasteiger partial charge in [-0.25, -0.2) is 17.9 Å². The molecule has 2 heterocycles. The first-order valence-electron chi connectivity index (χ1n) is 10.6. The molecule has 1 aliphatic heterocycles. The number of amides is 3. The van der Waals surface area contributed by atoms with Crippen molar-refractivity contribution in [2.24, 2.45) is 7.05 Å². The Kier molecular flexibility index (Phi) is 5.09. The molecule has 2 aliphatic carbocycles. The second-order valence-corrected chi connectivity index (χ2v) is 12.0. The molecule has 1 atom stereocenters. The molecule has 1 fully saturated rings. The highest BCUT2D eigenvalue weighted by atomic mass is 32.2. The molecule has 0 bridgehead atoms. The number of hydrogen-bond donors (Lipinski definition) is 1. The molecule has 0 spiro atoms. The van der Waals surface area contributed by atoms with Crippen molar-refractivity contribution in [2.75, 3.05) is 7.05 Å². The number of carbonyl (C=O) groups excluding carboxylic acids is 2. The monoisotopic (exact) mass is 460 g/mol. The molecule has 1 unspecified atom stereocenters. The second kappa shape index (κ2) is 7.21. The van der Waals surface area contributed by atoms with E-state index >= 15 is 0 Å². The normalized spacial score (nSPS) is 22.9. The van der Waals surface area contributed by atoms with Gasteiger partial charge in [-0.3, -0.25) is 4.68 Å². The van der Waals surface area contributed by atoms with Crippen molar-refractivity contribution in [1.82, 2.24) is 19.4 Å². The Hall–Kier alpha value is -2.59. The first-order chi connectivity index (χ1) is 14.7. The number of rotatable bonds is 5. The fourth-order valence-corrected chi connectivity index (χ4v) is 5.41. The van der Waals surface area contributed by atoms with E-state index in [0.29, 0.717) is 5.71 Å². The fraction of sp³-hybridized carbons (Fsp3) is 0.545. The molecule has 4 rings (SSSR count). The van der Waals surface area contributed by atoms with Crippen LogP contribution in [0.2, 0.25) is 0 Å². The third-order valence-electron chi connectivity index (χ3n) is 6.21. The van der Waals surface area contributed by atoms with Crippen LogP contribution in [0.15, 0.2) is 29.9 Å². The maximum atomic E-state index is 13.0. The van der Waals surface area contributed by atoms with Crippen molar-refractivity contribution in [3.63, 3.8) is 0 Å². The van der Waals surface area contributed by atoms with E-state index in [0.717, 1.165) is 29.1 Å². The lowest BCUT2D eigenvalue weighted by molar-refractivity contribution is -0.453. The van der Waals surface area contributed by atoms with Crippen LogP contribution in [0, 0.1) is 0 Å². The molecular weight excluding hydrogens is 430 g/mol. The van der Waals surface area contributed by atoms with Crippen LogP contribution in [0.4, 0.5) is 4.79 Å². The van der Waals surface area contributed by atoms with E-state index in [1.807, 2.05) is 20.0 Å². The third kappa shape index (κ3) is 3.97. The van der Waals surface area contributed by atoms with E-state index < -0.39 is 32.8 Å². The van der Waals surface area contributed by atoms with Crippen LogP contribution in [0.25, 0.3) is 0 Å². The summed E-state index contributed by atoms with van der Waals surface area (Å²) in [5.74, 6) is -0.510. The number of likely N-dealkylation sites (N-methyl/N-ethyl adjacent to an activating group) is 1. The fourth-order valence-electron chi connectivity index (χ4n) is 3.78.